The summed E-state index contributed by atoms with van der Waals surface area (Å²) in [5, 5.41) is 9.20. The molecule has 3 nitrogen and oxygen atoms in total. The van der Waals surface area contributed by atoms with Crippen molar-refractivity contribution in [3.8, 4) is 0 Å². The molecule has 1 aromatic carbocycles. The molecule has 1 aromatic heterocycles. The van der Waals surface area contributed by atoms with Gasteiger partial charge in [0.1, 0.15) is 0 Å². The number of nitrogens with zero attached hydrogens (tertiary/aromatic N) is 1. The van der Waals surface area contributed by atoms with E-state index >= 15 is 0 Å². The Morgan fingerprint density at radius 3 is 2.93 bits per heavy atom. The molecule has 3 heteroatoms. The van der Waals surface area contributed by atoms with Crippen LogP contribution >= 0.6 is 0 Å². The van der Waals surface area contributed by atoms with Crippen molar-refractivity contribution >= 4 is 0 Å². The van der Waals surface area contributed by atoms with Gasteiger partial charge in [-0.2, -0.15) is 0 Å². The largest absolute Gasteiger partial charge is 0.392 e. The molecule has 0 fully saturated rings. The maximum Gasteiger partial charge on any atom is 0.0921 e. The number of imidazole rings is 1. The number of hydrogen-bond donors (Lipinski definition) is 2. The highest BCUT2D eigenvalue weighted by Gasteiger charge is 2.04. The fourth-order valence-electron chi connectivity index (χ4n) is 1.46. The second-order valence-electron chi connectivity index (χ2n) is 3.34. The lowest BCUT2D eigenvalue weighted by Crippen LogP contribution is -1.96. The number of benzene rings is 1. The van der Waals surface area contributed by atoms with Crippen LogP contribution in [0.25, 0.3) is 0 Å². The number of nitrogens with one attached hydrogen (secondary N) is 1. The Kier molecular flexibility index (Phi) is 2.18. The zero-order valence-electron chi connectivity index (χ0n) is 10.5. The van der Waals surface area contributed by atoms with Crippen LogP contribution in [0.15, 0.2) is 30.7 Å². The van der Waals surface area contributed by atoms with Gasteiger partial charge in [-0.1, -0.05) is 18.2 Å². The first-order valence-corrected chi connectivity index (χ1v) is 4.76. The molecule has 0 aliphatic carbocycles. The van der Waals surface area contributed by atoms with Gasteiger partial charge in [-0.25, -0.2) is 4.98 Å². The summed E-state index contributed by atoms with van der Waals surface area (Å²) in [6, 6.07) is 5.28. The van der Waals surface area contributed by atoms with Crippen molar-refractivity contribution in [2.45, 2.75) is 19.9 Å². The molecule has 0 spiro atoms. The third-order valence-electron chi connectivity index (χ3n) is 2.38. The highest BCUT2D eigenvalue weighted by Crippen LogP contribution is 2.16. The Morgan fingerprint density at radius 2 is 2.27 bits per heavy atom. The average molecular weight is 206 g/mol. The van der Waals surface area contributed by atoms with Gasteiger partial charge < -0.3 is 10.1 Å². The summed E-state index contributed by atoms with van der Waals surface area (Å²) < 4.78 is 16.3. The Bertz CT molecular complexity index is 509. The number of hydrogen-bond acceptors (Lipinski definition) is 2. The Hall–Kier alpha value is -1.61. The molecule has 1 heterocycles. The SMILES string of the molecule is [2H]C([2H])(c1c[15n]c[15nH]1)c1cccc(CO)c1C. The van der Waals surface area contributed by atoms with E-state index in [4.69, 9.17) is 2.74 Å². The van der Waals surface area contributed by atoms with Crippen LogP contribution in [0, 0.1) is 6.92 Å². The highest BCUT2D eigenvalue weighted by atomic mass is 16.3. The fraction of sp³-hybridized carbons (Fsp3) is 0.250. The van der Waals surface area contributed by atoms with Crippen molar-refractivity contribution in [1.29, 1.82) is 0 Å². The number of aromatic nitrogens is 2. The molecule has 0 bridgehead atoms. The summed E-state index contributed by atoms with van der Waals surface area (Å²) in [6.07, 6.45) is 1.30. The van der Waals surface area contributed by atoms with Crippen LogP contribution in [0.2, 0.25) is 0 Å². The molecule has 0 saturated heterocycles. The summed E-state index contributed by atoms with van der Waals surface area (Å²) in [7, 11) is 0. The van der Waals surface area contributed by atoms with Crippen LogP contribution in [0.3, 0.4) is 0 Å². The first-order chi connectivity index (χ1) is 8.07. The first-order valence-electron chi connectivity index (χ1n) is 5.76. The molecule has 0 unspecified atom stereocenters. The normalized spacial score (nSPS) is 13.5. The smallest absolute Gasteiger partial charge is 0.0921 e. The minimum Gasteiger partial charge on any atom is -0.392 e. The third-order valence-corrected chi connectivity index (χ3v) is 2.38. The zero-order valence-corrected chi connectivity index (χ0v) is 8.49. The molecule has 0 aliphatic rings. The Balaban J connectivity index is 2.54. The van der Waals surface area contributed by atoms with Gasteiger partial charge in [-0.05, 0) is 23.6 Å². The van der Waals surface area contributed by atoms with E-state index in [1.54, 1.807) is 18.2 Å². The number of aromatic amines is 1. The second kappa shape index (κ2) is 4.28. The second-order valence-corrected chi connectivity index (χ2v) is 3.34. The molecule has 2 rings (SSSR count). The van der Waals surface area contributed by atoms with Crippen molar-refractivity contribution < 1.29 is 7.85 Å². The van der Waals surface area contributed by atoms with E-state index in [0.717, 1.165) is 11.1 Å². The van der Waals surface area contributed by atoms with E-state index in [9.17, 15) is 5.11 Å². The molecule has 0 atom stereocenters. The topological polar surface area (TPSA) is 48.9 Å². The van der Waals surface area contributed by atoms with Gasteiger partial charge in [0.05, 0.1) is 12.9 Å². The molecule has 0 radical (unpaired) electrons. The van der Waals surface area contributed by atoms with E-state index < -0.39 is 6.37 Å². The molecule has 0 saturated carbocycles. The zero-order chi connectivity index (χ0) is 12.5. The first kappa shape index (κ1) is 7.65. The lowest BCUT2D eigenvalue weighted by Gasteiger charge is -2.08. The summed E-state index contributed by atoms with van der Waals surface area (Å²) in [5.41, 5.74) is 2.48. The van der Waals surface area contributed by atoms with Crippen molar-refractivity contribution in [2.24, 2.45) is 0 Å². The number of H-pyrrole nitrogens is 1. The van der Waals surface area contributed by atoms with E-state index in [2.05, 4.69) is 9.97 Å². The van der Waals surface area contributed by atoms with Crippen LogP contribution in [-0.2, 0) is 13.0 Å². The predicted octanol–water partition coefficient (Wildman–Crippen LogP) is 1.80. The molecule has 2 aromatic rings. The quantitative estimate of drug-likeness (QED) is 0.804. The van der Waals surface area contributed by atoms with Gasteiger partial charge in [0, 0.05) is 21.0 Å². The summed E-state index contributed by atoms with van der Waals surface area (Å²) in [6.45, 7) is 1.73. The van der Waals surface area contributed by atoms with Crippen LogP contribution in [0.5, 0.6) is 0 Å². The monoisotopic (exact) mass is 206 g/mol. The van der Waals surface area contributed by atoms with Crippen LogP contribution in [0.4, 0.5) is 0 Å². The maximum atomic E-state index is 9.20. The van der Waals surface area contributed by atoms with Crippen molar-refractivity contribution in [1.82, 2.24) is 9.97 Å². The lowest BCUT2D eigenvalue weighted by atomic mass is 10.00. The minimum absolute atomic E-state index is 0.0846. The van der Waals surface area contributed by atoms with Crippen LogP contribution in [-0.4, -0.2) is 15.1 Å². The van der Waals surface area contributed by atoms with E-state index in [0.29, 0.717) is 11.3 Å². The maximum absolute atomic E-state index is 9.20. The molecular formula is C12H14N2O. The van der Waals surface area contributed by atoms with E-state index in [1.807, 2.05) is 6.92 Å². The van der Waals surface area contributed by atoms with Gasteiger partial charge in [0.25, 0.3) is 0 Å². The van der Waals surface area contributed by atoms with Crippen molar-refractivity contribution in [2.75, 3.05) is 0 Å². The van der Waals surface area contributed by atoms with Gasteiger partial charge >= 0.3 is 0 Å². The molecule has 0 amide bonds. The molecule has 2 N–H and O–H groups in total. The lowest BCUT2D eigenvalue weighted by molar-refractivity contribution is 0.281. The van der Waals surface area contributed by atoms with Crippen LogP contribution < -0.4 is 0 Å². The summed E-state index contributed by atoms with van der Waals surface area (Å²) in [4.78, 5) is 6.63. The molecular weight excluding hydrogens is 190 g/mol. The van der Waals surface area contributed by atoms with Gasteiger partial charge in [-0.15, -0.1) is 0 Å². The van der Waals surface area contributed by atoms with Crippen molar-refractivity contribution in [3.05, 3.63) is 53.1 Å². The minimum atomic E-state index is -1.63. The van der Waals surface area contributed by atoms with Gasteiger partial charge in [-0.3, -0.25) is 0 Å². The van der Waals surface area contributed by atoms with Gasteiger partial charge in [0.2, 0.25) is 0 Å². The number of aliphatic hydroxyl groups excluding tert-OH is 1. The van der Waals surface area contributed by atoms with Crippen LogP contribution in [0.1, 0.15) is 25.1 Å². The molecule has 15 heavy (non-hydrogen) atoms. The summed E-state index contributed by atoms with van der Waals surface area (Å²) in [5.74, 6) is 0. The highest BCUT2D eigenvalue weighted by molar-refractivity contribution is 5.35. The average Bonchev–Trinajstić information content (AvgIpc) is 2.83. The fourth-order valence-corrected chi connectivity index (χ4v) is 1.46. The molecule has 78 valence electrons. The number of aliphatic hydroxyl groups is 1. The molecule has 0 aliphatic heterocycles. The Morgan fingerprint density at radius 1 is 1.47 bits per heavy atom. The Labute approximate surface area is 91.6 Å². The van der Waals surface area contributed by atoms with Crippen molar-refractivity contribution in [3.63, 3.8) is 0 Å². The standard InChI is InChI=1S/C12H14N2O/c1-9-10(3-2-4-11(9)7-15)5-12-6-13-8-14-12/h2-4,6,8,15H,5,7H2,1H3,(H,13,14)/i5D2,13+1,14+1. The number of rotatable bonds is 3. The third kappa shape index (κ3) is 2.07. The van der Waals surface area contributed by atoms with E-state index in [-0.39, 0.29) is 6.61 Å². The predicted molar refractivity (Wildman–Crippen MR) is 58.5 cm³/mol. The van der Waals surface area contributed by atoms with E-state index in [1.165, 1.54) is 12.5 Å². The van der Waals surface area contributed by atoms with Gasteiger partial charge in [0.15, 0.2) is 0 Å². The summed E-state index contributed by atoms with van der Waals surface area (Å²) >= 11 is 0.